The Morgan fingerprint density at radius 1 is 1.13 bits per heavy atom. The van der Waals surface area contributed by atoms with Crippen molar-refractivity contribution >= 4 is 45.9 Å². The molecule has 23 heavy (non-hydrogen) atoms. The lowest BCUT2D eigenvalue weighted by Gasteiger charge is -2.37. The summed E-state index contributed by atoms with van der Waals surface area (Å²) in [6.07, 6.45) is 1.13. The highest BCUT2D eigenvalue weighted by molar-refractivity contribution is 14.0. The Kier molecular flexibility index (Phi) is 10.0. The highest BCUT2D eigenvalue weighted by Crippen LogP contribution is 2.07. The van der Waals surface area contributed by atoms with Crippen LogP contribution in [0.15, 0.2) is 4.99 Å². The van der Waals surface area contributed by atoms with E-state index in [1.54, 1.807) is 7.05 Å². The molecule has 1 fully saturated rings. The van der Waals surface area contributed by atoms with E-state index in [2.05, 4.69) is 19.9 Å². The molecular formula is C13H28IN5O3S. The number of hydrogen-bond acceptors (Lipinski definition) is 4. The molecule has 0 aromatic heterocycles. The molecule has 0 aliphatic carbocycles. The fourth-order valence-electron chi connectivity index (χ4n) is 2.25. The van der Waals surface area contributed by atoms with Gasteiger partial charge in [0.15, 0.2) is 5.96 Å². The fourth-order valence-corrected chi connectivity index (χ4v) is 2.72. The Morgan fingerprint density at radius 3 is 2.09 bits per heavy atom. The number of carbonyl (C=O) groups excluding carboxylic acids is 1. The zero-order chi connectivity index (χ0) is 16.8. The Labute approximate surface area is 156 Å². The average Bonchev–Trinajstić information content (AvgIpc) is 2.45. The van der Waals surface area contributed by atoms with Gasteiger partial charge in [-0.2, -0.15) is 0 Å². The van der Waals surface area contributed by atoms with E-state index in [0.29, 0.717) is 26.2 Å². The standard InChI is InChI=1S/C13H27N5O3S.HI/c1-11(2)12(19)17-7-9-18(10-8-17)13(14-3)15-5-6-16-22(4,20)21;/h11,16H,5-10H2,1-4H3,(H,14,15);1H. The van der Waals surface area contributed by atoms with Crippen LogP contribution < -0.4 is 10.0 Å². The van der Waals surface area contributed by atoms with Crippen LogP contribution in [-0.2, 0) is 14.8 Å². The molecule has 2 N–H and O–H groups in total. The number of piperazine rings is 1. The molecule has 1 aliphatic heterocycles. The van der Waals surface area contributed by atoms with Crippen LogP contribution in [0, 0.1) is 5.92 Å². The number of halogens is 1. The second-order valence-corrected chi connectivity index (χ2v) is 7.44. The maximum absolute atomic E-state index is 11.9. The van der Waals surface area contributed by atoms with E-state index in [1.807, 2.05) is 18.7 Å². The van der Waals surface area contributed by atoms with Crippen molar-refractivity contribution in [1.82, 2.24) is 19.8 Å². The van der Waals surface area contributed by atoms with E-state index in [-0.39, 0.29) is 35.8 Å². The summed E-state index contributed by atoms with van der Waals surface area (Å²) >= 11 is 0. The van der Waals surface area contributed by atoms with Crippen LogP contribution in [0.25, 0.3) is 0 Å². The van der Waals surface area contributed by atoms with Crippen molar-refractivity contribution in [3.8, 4) is 0 Å². The summed E-state index contributed by atoms with van der Waals surface area (Å²) in [7, 11) is -1.47. The highest BCUT2D eigenvalue weighted by atomic mass is 127. The van der Waals surface area contributed by atoms with Gasteiger partial charge in [0.05, 0.1) is 6.26 Å². The zero-order valence-corrected chi connectivity index (χ0v) is 17.3. The van der Waals surface area contributed by atoms with E-state index in [1.165, 1.54) is 0 Å². The Balaban J connectivity index is 0.00000484. The van der Waals surface area contributed by atoms with E-state index in [9.17, 15) is 13.2 Å². The number of nitrogens with zero attached hydrogens (tertiary/aromatic N) is 3. The second kappa shape index (κ2) is 10.3. The largest absolute Gasteiger partial charge is 0.355 e. The number of rotatable bonds is 5. The van der Waals surface area contributed by atoms with Crippen LogP contribution in [0.5, 0.6) is 0 Å². The lowest BCUT2D eigenvalue weighted by molar-refractivity contribution is -0.135. The first kappa shape index (κ1) is 22.4. The summed E-state index contributed by atoms with van der Waals surface area (Å²) in [4.78, 5) is 20.1. The number of amides is 1. The van der Waals surface area contributed by atoms with Gasteiger partial charge >= 0.3 is 0 Å². The van der Waals surface area contributed by atoms with Gasteiger partial charge in [-0.15, -0.1) is 24.0 Å². The first-order valence-corrected chi connectivity index (χ1v) is 9.32. The minimum absolute atomic E-state index is 0. The number of carbonyl (C=O) groups is 1. The third kappa shape index (κ3) is 8.15. The van der Waals surface area contributed by atoms with E-state index < -0.39 is 10.0 Å². The molecular weight excluding hydrogens is 433 g/mol. The van der Waals surface area contributed by atoms with Gasteiger partial charge in [-0.25, -0.2) is 13.1 Å². The minimum Gasteiger partial charge on any atom is -0.355 e. The number of sulfonamides is 1. The minimum atomic E-state index is -3.17. The van der Waals surface area contributed by atoms with Crippen LogP contribution >= 0.6 is 24.0 Å². The van der Waals surface area contributed by atoms with E-state index in [0.717, 1.165) is 25.3 Å². The Morgan fingerprint density at radius 2 is 1.65 bits per heavy atom. The molecule has 10 heteroatoms. The van der Waals surface area contributed by atoms with Gasteiger partial charge in [0.25, 0.3) is 0 Å². The van der Waals surface area contributed by atoms with Crippen molar-refractivity contribution < 1.29 is 13.2 Å². The Hall–Kier alpha value is -0.620. The lowest BCUT2D eigenvalue weighted by atomic mass is 10.1. The molecule has 0 bridgehead atoms. The highest BCUT2D eigenvalue weighted by Gasteiger charge is 2.24. The van der Waals surface area contributed by atoms with E-state index >= 15 is 0 Å². The molecule has 1 heterocycles. The van der Waals surface area contributed by atoms with Gasteiger partial charge < -0.3 is 15.1 Å². The first-order chi connectivity index (χ1) is 10.2. The molecule has 0 atom stereocenters. The predicted molar refractivity (Wildman–Crippen MR) is 103 cm³/mol. The first-order valence-electron chi connectivity index (χ1n) is 7.43. The van der Waals surface area contributed by atoms with Crippen molar-refractivity contribution in [2.75, 3.05) is 52.6 Å². The number of aliphatic imine (C=N–C) groups is 1. The monoisotopic (exact) mass is 461 g/mol. The molecule has 1 amide bonds. The van der Waals surface area contributed by atoms with Gasteiger partial charge in [-0.3, -0.25) is 9.79 Å². The molecule has 136 valence electrons. The topological polar surface area (TPSA) is 94.1 Å². The van der Waals surface area contributed by atoms with Gasteiger partial charge in [-0.1, -0.05) is 13.8 Å². The summed E-state index contributed by atoms with van der Waals surface area (Å²) in [5, 5.41) is 3.12. The molecule has 1 saturated heterocycles. The van der Waals surface area contributed by atoms with Gasteiger partial charge in [0.1, 0.15) is 0 Å². The molecule has 0 unspecified atom stereocenters. The average molecular weight is 461 g/mol. The second-order valence-electron chi connectivity index (χ2n) is 5.61. The molecule has 0 aromatic rings. The molecule has 0 saturated carbocycles. The van der Waals surface area contributed by atoms with Crippen molar-refractivity contribution in [3.63, 3.8) is 0 Å². The molecule has 1 aliphatic rings. The van der Waals surface area contributed by atoms with Crippen LogP contribution in [-0.4, -0.2) is 82.7 Å². The summed E-state index contributed by atoms with van der Waals surface area (Å²) < 4.78 is 24.4. The molecule has 1 rings (SSSR count). The molecule has 0 aromatic carbocycles. The van der Waals surface area contributed by atoms with E-state index in [4.69, 9.17) is 0 Å². The van der Waals surface area contributed by atoms with Crippen molar-refractivity contribution in [2.24, 2.45) is 10.9 Å². The summed E-state index contributed by atoms with van der Waals surface area (Å²) in [5.41, 5.74) is 0. The molecule has 8 nitrogen and oxygen atoms in total. The number of hydrogen-bond donors (Lipinski definition) is 2. The van der Waals surface area contributed by atoms with Crippen molar-refractivity contribution in [1.29, 1.82) is 0 Å². The van der Waals surface area contributed by atoms with Crippen LogP contribution in [0.4, 0.5) is 0 Å². The smallest absolute Gasteiger partial charge is 0.225 e. The number of nitrogens with one attached hydrogen (secondary N) is 2. The van der Waals surface area contributed by atoms with Crippen LogP contribution in [0.1, 0.15) is 13.8 Å². The van der Waals surface area contributed by atoms with Crippen LogP contribution in [0.2, 0.25) is 0 Å². The van der Waals surface area contributed by atoms with Crippen molar-refractivity contribution in [3.05, 3.63) is 0 Å². The summed E-state index contributed by atoms with van der Waals surface area (Å²) in [6, 6.07) is 0. The van der Waals surface area contributed by atoms with Crippen LogP contribution in [0.3, 0.4) is 0 Å². The van der Waals surface area contributed by atoms with Gasteiger partial charge in [0, 0.05) is 52.2 Å². The zero-order valence-electron chi connectivity index (χ0n) is 14.2. The predicted octanol–water partition coefficient (Wildman–Crippen LogP) is -0.471. The van der Waals surface area contributed by atoms with Crippen molar-refractivity contribution in [2.45, 2.75) is 13.8 Å². The van der Waals surface area contributed by atoms with Gasteiger partial charge in [0.2, 0.25) is 15.9 Å². The fraction of sp³-hybridized carbons (Fsp3) is 0.846. The van der Waals surface area contributed by atoms with Gasteiger partial charge in [-0.05, 0) is 0 Å². The molecule has 0 radical (unpaired) electrons. The maximum Gasteiger partial charge on any atom is 0.225 e. The third-order valence-electron chi connectivity index (χ3n) is 3.37. The third-order valence-corrected chi connectivity index (χ3v) is 4.10. The normalized spacial score (nSPS) is 16.3. The molecule has 0 spiro atoms. The Bertz CT molecular complexity index is 502. The quantitative estimate of drug-likeness (QED) is 0.250. The summed E-state index contributed by atoms with van der Waals surface area (Å²) in [5.74, 6) is 0.929. The lowest BCUT2D eigenvalue weighted by Crippen LogP contribution is -2.55. The maximum atomic E-state index is 11.9. The SMILES string of the molecule is CN=C(NCCNS(C)(=O)=O)N1CCN(C(=O)C(C)C)CC1.I. The summed E-state index contributed by atoms with van der Waals surface area (Å²) in [6.45, 7) is 7.39. The number of guanidine groups is 1.